The van der Waals surface area contributed by atoms with E-state index in [9.17, 15) is 13.6 Å². The summed E-state index contributed by atoms with van der Waals surface area (Å²) in [5.74, 6) is -0.519. The van der Waals surface area contributed by atoms with Gasteiger partial charge >= 0.3 is 6.03 Å². The van der Waals surface area contributed by atoms with Crippen molar-refractivity contribution in [1.29, 1.82) is 0 Å². The van der Waals surface area contributed by atoms with Crippen molar-refractivity contribution in [3.63, 3.8) is 0 Å². The van der Waals surface area contributed by atoms with Gasteiger partial charge in [-0.3, -0.25) is 10.2 Å². The van der Waals surface area contributed by atoms with Crippen LogP contribution < -0.4 is 15.0 Å². The Morgan fingerprint density at radius 1 is 1.18 bits per heavy atom. The number of thiazole rings is 1. The molecule has 2 aromatic carbocycles. The van der Waals surface area contributed by atoms with Crippen molar-refractivity contribution in [2.24, 2.45) is 0 Å². The van der Waals surface area contributed by atoms with Gasteiger partial charge in [0.2, 0.25) is 5.06 Å². The number of nitrogens with zero attached hydrogens (tertiary/aromatic N) is 2. The predicted octanol–water partition coefficient (Wildman–Crippen LogP) is 4.65. The van der Waals surface area contributed by atoms with Gasteiger partial charge in [0, 0.05) is 11.8 Å². The molecule has 0 unspecified atom stereocenters. The van der Waals surface area contributed by atoms with E-state index in [0.29, 0.717) is 34.8 Å². The Labute approximate surface area is 163 Å². The molecule has 1 N–H and O–H groups in total. The van der Waals surface area contributed by atoms with E-state index in [1.54, 1.807) is 18.2 Å². The third-order valence-corrected chi connectivity index (χ3v) is 4.79. The molecule has 0 radical (unpaired) electrons. The summed E-state index contributed by atoms with van der Waals surface area (Å²) in [5, 5.41) is 3.39. The lowest BCUT2D eigenvalue weighted by atomic mass is 10.2. The van der Waals surface area contributed by atoms with Gasteiger partial charge in [0.05, 0.1) is 25.5 Å². The van der Waals surface area contributed by atoms with Crippen molar-refractivity contribution in [2.45, 2.75) is 6.04 Å². The minimum atomic E-state index is -0.453. The fourth-order valence-corrected chi connectivity index (χ4v) is 3.33. The Hall–Kier alpha value is -3.04. The lowest BCUT2D eigenvalue weighted by molar-refractivity contribution is 0.0116. The number of carbonyl (C=O) groups excluding carboxylic acids is 1. The van der Waals surface area contributed by atoms with E-state index in [0.717, 1.165) is 11.3 Å². The van der Waals surface area contributed by atoms with Crippen LogP contribution in [0.3, 0.4) is 0 Å². The van der Waals surface area contributed by atoms with Gasteiger partial charge in [0.1, 0.15) is 17.4 Å². The monoisotopic (exact) mass is 403 g/mol. The maximum atomic E-state index is 13.6. The number of aromatic nitrogens is 1. The van der Waals surface area contributed by atoms with E-state index in [1.807, 2.05) is 0 Å². The van der Waals surface area contributed by atoms with Crippen molar-refractivity contribution in [3.05, 3.63) is 66.4 Å². The summed E-state index contributed by atoms with van der Waals surface area (Å²) in [6.07, 6.45) is 1.43. The second kappa shape index (κ2) is 7.91. The SMILES string of the molecule is O=C(Nc1ncc(Oc2cccc(F)c2)s1)N(c1cccc(F)c1)C1COC1. The first-order chi connectivity index (χ1) is 13.6. The van der Waals surface area contributed by atoms with Crippen LogP contribution in [-0.4, -0.2) is 30.3 Å². The molecular weight excluding hydrogens is 388 g/mol. The lowest BCUT2D eigenvalue weighted by Crippen LogP contribution is -2.53. The molecule has 1 aliphatic heterocycles. The highest BCUT2D eigenvalue weighted by molar-refractivity contribution is 7.17. The Balaban J connectivity index is 1.48. The number of carbonyl (C=O) groups is 1. The Bertz CT molecular complexity index is 994. The van der Waals surface area contributed by atoms with Crippen LogP contribution in [0.5, 0.6) is 10.8 Å². The van der Waals surface area contributed by atoms with Crippen molar-refractivity contribution < 1.29 is 23.0 Å². The van der Waals surface area contributed by atoms with Gasteiger partial charge < -0.3 is 9.47 Å². The smallest absolute Gasteiger partial charge is 0.328 e. The Morgan fingerprint density at radius 2 is 1.93 bits per heavy atom. The van der Waals surface area contributed by atoms with Crippen molar-refractivity contribution in [2.75, 3.05) is 23.4 Å². The zero-order chi connectivity index (χ0) is 19.5. The van der Waals surface area contributed by atoms with Gasteiger partial charge in [0.15, 0.2) is 5.13 Å². The van der Waals surface area contributed by atoms with Crippen LogP contribution in [-0.2, 0) is 4.74 Å². The molecule has 4 rings (SSSR count). The Morgan fingerprint density at radius 3 is 2.61 bits per heavy atom. The first-order valence-electron chi connectivity index (χ1n) is 8.41. The summed E-state index contributed by atoms with van der Waals surface area (Å²) in [5.41, 5.74) is 0.429. The van der Waals surface area contributed by atoms with Crippen LogP contribution >= 0.6 is 11.3 Å². The highest BCUT2D eigenvalue weighted by atomic mass is 32.1. The number of hydrogen-bond acceptors (Lipinski definition) is 5. The molecule has 0 saturated carbocycles. The number of benzene rings is 2. The maximum Gasteiger partial charge on any atom is 0.328 e. The molecule has 1 aromatic heterocycles. The molecule has 28 heavy (non-hydrogen) atoms. The molecule has 2 amide bonds. The summed E-state index contributed by atoms with van der Waals surface area (Å²) in [7, 11) is 0. The molecule has 0 atom stereocenters. The number of rotatable bonds is 5. The minimum absolute atomic E-state index is 0.190. The van der Waals surface area contributed by atoms with Crippen LogP contribution in [0, 0.1) is 11.6 Å². The molecule has 3 aromatic rings. The molecule has 1 saturated heterocycles. The fourth-order valence-electron chi connectivity index (χ4n) is 2.65. The highest BCUT2D eigenvalue weighted by Gasteiger charge is 2.32. The van der Waals surface area contributed by atoms with Crippen molar-refractivity contribution in [1.82, 2.24) is 4.98 Å². The van der Waals surface area contributed by atoms with Crippen LogP contribution in [0.4, 0.5) is 24.4 Å². The van der Waals surface area contributed by atoms with Crippen LogP contribution in [0.15, 0.2) is 54.7 Å². The van der Waals surface area contributed by atoms with Gasteiger partial charge in [-0.05, 0) is 30.3 Å². The van der Waals surface area contributed by atoms with Crippen LogP contribution in [0.1, 0.15) is 0 Å². The largest absolute Gasteiger partial charge is 0.445 e. The Kier molecular flexibility index (Phi) is 5.18. The third kappa shape index (κ3) is 4.10. The van der Waals surface area contributed by atoms with Gasteiger partial charge in [-0.15, -0.1) is 0 Å². The van der Waals surface area contributed by atoms with E-state index >= 15 is 0 Å². The third-order valence-electron chi connectivity index (χ3n) is 4.00. The number of anilines is 2. The minimum Gasteiger partial charge on any atom is -0.445 e. The molecule has 144 valence electrons. The summed E-state index contributed by atoms with van der Waals surface area (Å²) >= 11 is 1.10. The van der Waals surface area contributed by atoms with E-state index in [2.05, 4.69) is 10.3 Å². The van der Waals surface area contributed by atoms with E-state index in [1.165, 1.54) is 41.4 Å². The first-order valence-corrected chi connectivity index (χ1v) is 9.23. The normalized spacial score (nSPS) is 13.6. The predicted molar refractivity (Wildman–Crippen MR) is 101 cm³/mol. The molecule has 6 nitrogen and oxygen atoms in total. The van der Waals surface area contributed by atoms with Gasteiger partial charge in [0.25, 0.3) is 0 Å². The second-order valence-electron chi connectivity index (χ2n) is 6.02. The number of amides is 2. The standard InChI is InChI=1S/C19H15F2N3O3S/c20-12-3-1-5-14(7-12)24(15-10-26-11-15)19(25)23-18-22-9-17(28-18)27-16-6-2-4-13(21)8-16/h1-9,15H,10-11H2,(H,22,23,25). The van der Waals surface area contributed by atoms with Crippen molar-refractivity contribution in [3.8, 4) is 10.8 Å². The zero-order valence-corrected chi connectivity index (χ0v) is 15.3. The summed E-state index contributed by atoms with van der Waals surface area (Å²) in [6, 6.07) is 10.9. The molecule has 0 bridgehead atoms. The van der Waals surface area contributed by atoms with Crippen molar-refractivity contribution >= 4 is 28.2 Å². The summed E-state index contributed by atoms with van der Waals surface area (Å²) in [4.78, 5) is 18.3. The fraction of sp³-hybridized carbons (Fsp3) is 0.158. The molecule has 0 spiro atoms. The van der Waals surface area contributed by atoms with Crippen LogP contribution in [0.25, 0.3) is 0 Å². The number of urea groups is 1. The maximum absolute atomic E-state index is 13.6. The average Bonchev–Trinajstić information content (AvgIpc) is 3.04. The molecule has 0 aliphatic carbocycles. The van der Waals surface area contributed by atoms with E-state index in [-0.39, 0.29) is 6.04 Å². The first kappa shape index (κ1) is 18.3. The number of nitrogens with one attached hydrogen (secondary N) is 1. The number of ether oxygens (including phenoxy) is 2. The van der Waals surface area contributed by atoms with Gasteiger partial charge in [-0.1, -0.05) is 23.5 Å². The van der Waals surface area contributed by atoms with Gasteiger partial charge in [-0.2, -0.15) is 0 Å². The summed E-state index contributed by atoms with van der Waals surface area (Å²) < 4.78 is 37.6. The average molecular weight is 403 g/mol. The quantitative estimate of drug-likeness (QED) is 0.674. The van der Waals surface area contributed by atoms with E-state index < -0.39 is 17.7 Å². The highest BCUT2D eigenvalue weighted by Crippen LogP contribution is 2.31. The lowest BCUT2D eigenvalue weighted by Gasteiger charge is -2.36. The molecule has 1 aliphatic rings. The topological polar surface area (TPSA) is 63.7 Å². The number of hydrogen-bond donors (Lipinski definition) is 1. The molecular formula is C19H15F2N3O3S. The van der Waals surface area contributed by atoms with Crippen LogP contribution in [0.2, 0.25) is 0 Å². The van der Waals surface area contributed by atoms with E-state index in [4.69, 9.17) is 9.47 Å². The molecule has 2 heterocycles. The molecule has 1 fully saturated rings. The molecule has 9 heteroatoms. The summed E-state index contributed by atoms with van der Waals surface area (Å²) in [6.45, 7) is 0.742. The van der Waals surface area contributed by atoms with Gasteiger partial charge in [-0.25, -0.2) is 18.6 Å². The number of halogens is 2. The zero-order valence-electron chi connectivity index (χ0n) is 14.5. The second-order valence-corrected chi connectivity index (χ2v) is 7.01.